The van der Waals surface area contributed by atoms with Crippen LogP contribution in [0.5, 0.6) is 0 Å². The molecule has 1 aliphatic rings. The molecule has 0 unspecified atom stereocenters. The maximum absolute atomic E-state index is 11.6. The van der Waals surface area contributed by atoms with Crippen LogP contribution in [0.2, 0.25) is 0 Å². The third kappa shape index (κ3) is 2.38. The van der Waals surface area contributed by atoms with Crippen molar-refractivity contribution in [2.75, 3.05) is 0 Å². The van der Waals surface area contributed by atoms with E-state index in [9.17, 15) is 4.79 Å². The van der Waals surface area contributed by atoms with Gasteiger partial charge in [0.1, 0.15) is 0 Å². The molecular formula is C11H14INO. The summed E-state index contributed by atoms with van der Waals surface area (Å²) in [6, 6.07) is 1.73. The number of hydrogen-bond donors (Lipinski definition) is 0. The van der Waals surface area contributed by atoms with Crippen LogP contribution in [0.15, 0.2) is 17.1 Å². The van der Waals surface area contributed by atoms with Gasteiger partial charge in [0.25, 0.3) is 5.56 Å². The van der Waals surface area contributed by atoms with E-state index in [1.54, 1.807) is 6.07 Å². The Morgan fingerprint density at radius 2 is 2.29 bits per heavy atom. The average Bonchev–Trinajstić information content (AvgIpc) is 2.92. The molecule has 76 valence electrons. The lowest BCUT2D eigenvalue weighted by Gasteiger charge is -2.06. The quantitative estimate of drug-likeness (QED) is 0.787. The lowest BCUT2D eigenvalue weighted by molar-refractivity contribution is 0.579. The van der Waals surface area contributed by atoms with Crippen molar-refractivity contribution in [3.8, 4) is 0 Å². The minimum atomic E-state index is 0.142. The minimum Gasteiger partial charge on any atom is -0.314 e. The molecule has 14 heavy (non-hydrogen) atoms. The summed E-state index contributed by atoms with van der Waals surface area (Å²) in [7, 11) is 0. The van der Waals surface area contributed by atoms with Gasteiger partial charge in [0, 0.05) is 22.4 Å². The van der Waals surface area contributed by atoms with E-state index in [1.807, 2.05) is 17.7 Å². The third-order valence-corrected chi connectivity index (χ3v) is 3.87. The van der Waals surface area contributed by atoms with Gasteiger partial charge in [-0.25, -0.2) is 0 Å². The fraction of sp³-hybridized carbons (Fsp3) is 0.545. The Hall–Kier alpha value is -0.320. The summed E-state index contributed by atoms with van der Waals surface area (Å²) in [5, 5.41) is 0. The molecule has 1 saturated carbocycles. The summed E-state index contributed by atoms with van der Waals surface area (Å²) in [5.74, 6) is 0.890. The van der Waals surface area contributed by atoms with Gasteiger partial charge in [-0.2, -0.15) is 0 Å². The van der Waals surface area contributed by atoms with Gasteiger partial charge < -0.3 is 4.57 Å². The highest BCUT2D eigenvalue weighted by molar-refractivity contribution is 14.1. The summed E-state index contributed by atoms with van der Waals surface area (Å²) in [6.45, 7) is 2.87. The Morgan fingerprint density at radius 1 is 1.57 bits per heavy atom. The van der Waals surface area contributed by atoms with E-state index in [-0.39, 0.29) is 5.56 Å². The van der Waals surface area contributed by atoms with Gasteiger partial charge in [0.2, 0.25) is 0 Å². The fourth-order valence-corrected chi connectivity index (χ4v) is 2.03. The number of nitrogens with zero attached hydrogens (tertiary/aromatic N) is 1. The predicted octanol–water partition coefficient (Wildman–Crippen LogP) is 2.56. The highest BCUT2D eigenvalue weighted by atomic mass is 127. The number of aromatic nitrogens is 1. The molecule has 2 rings (SSSR count). The standard InChI is InChI=1S/C11H14INO/c1-8-6-11(14)13(7-10(8)12)5-4-9-2-3-9/h6-7,9H,2-5H2,1H3. The Kier molecular flexibility index (Phi) is 2.95. The average molecular weight is 303 g/mol. The highest BCUT2D eigenvalue weighted by Crippen LogP contribution is 2.32. The second-order valence-electron chi connectivity index (χ2n) is 4.07. The van der Waals surface area contributed by atoms with Crippen LogP contribution in [-0.4, -0.2) is 4.57 Å². The lowest BCUT2D eigenvalue weighted by atomic mass is 10.2. The maximum Gasteiger partial charge on any atom is 0.250 e. The van der Waals surface area contributed by atoms with Crippen molar-refractivity contribution >= 4 is 22.6 Å². The van der Waals surface area contributed by atoms with Crippen molar-refractivity contribution in [2.24, 2.45) is 5.92 Å². The molecule has 0 bridgehead atoms. The van der Waals surface area contributed by atoms with E-state index in [0.717, 1.165) is 18.0 Å². The van der Waals surface area contributed by atoms with Crippen LogP contribution < -0.4 is 5.56 Å². The van der Waals surface area contributed by atoms with Crippen LogP contribution in [0.4, 0.5) is 0 Å². The number of rotatable bonds is 3. The first-order chi connectivity index (χ1) is 6.66. The van der Waals surface area contributed by atoms with Crippen molar-refractivity contribution in [2.45, 2.75) is 32.7 Å². The summed E-state index contributed by atoms with van der Waals surface area (Å²) in [5.41, 5.74) is 1.22. The molecule has 3 heteroatoms. The van der Waals surface area contributed by atoms with Crippen LogP contribution in [0.25, 0.3) is 0 Å². The van der Waals surface area contributed by atoms with Crippen LogP contribution >= 0.6 is 22.6 Å². The van der Waals surface area contributed by atoms with E-state index < -0.39 is 0 Å². The molecule has 0 spiro atoms. The summed E-state index contributed by atoms with van der Waals surface area (Å²) >= 11 is 2.28. The monoisotopic (exact) mass is 303 g/mol. The van der Waals surface area contributed by atoms with E-state index in [0.29, 0.717) is 0 Å². The third-order valence-electron chi connectivity index (χ3n) is 2.74. The molecule has 1 aromatic rings. The van der Waals surface area contributed by atoms with Gasteiger partial charge >= 0.3 is 0 Å². The summed E-state index contributed by atoms with van der Waals surface area (Å²) in [4.78, 5) is 11.6. The highest BCUT2D eigenvalue weighted by Gasteiger charge is 2.20. The van der Waals surface area contributed by atoms with Crippen LogP contribution in [0.1, 0.15) is 24.8 Å². The van der Waals surface area contributed by atoms with Crippen molar-refractivity contribution < 1.29 is 0 Å². The summed E-state index contributed by atoms with van der Waals surface area (Å²) < 4.78 is 3.02. The molecule has 0 aromatic carbocycles. The van der Waals surface area contributed by atoms with E-state index in [4.69, 9.17) is 0 Å². The largest absolute Gasteiger partial charge is 0.314 e. The Morgan fingerprint density at radius 3 is 2.93 bits per heavy atom. The Balaban J connectivity index is 2.15. The van der Waals surface area contributed by atoms with Crippen LogP contribution in [0.3, 0.4) is 0 Å². The first-order valence-corrected chi connectivity index (χ1v) is 6.11. The molecule has 0 aliphatic heterocycles. The van der Waals surface area contributed by atoms with Crippen molar-refractivity contribution in [1.29, 1.82) is 0 Å². The maximum atomic E-state index is 11.6. The smallest absolute Gasteiger partial charge is 0.250 e. The molecule has 1 aromatic heterocycles. The van der Waals surface area contributed by atoms with Crippen LogP contribution in [0, 0.1) is 16.4 Å². The first-order valence-electron chi connectivity index (χ1n) is 5.03. The molecule has 0 atom stereocenters. The predicted molar refractivity (Wildman–Crippen MR) is 65.5 cm³/mol. The molecule has 1 fully saturated rings. The molecule has 0 N–H and O–H groups in total. The number of aryl methyl sites for hydroxylation is 2. The van der Waals surface area contributed by atoms with Crippen molar-refractivity contribution in [3.63, 3.8) is 0 Å². The Labute approximate surface area is 97.5 Å². The van der Waals surface area contributed by atoms with Gasteiger partial charge in [0.05, 0.1) is 0 Å². The van der Waals surface area contributed by atoms with E-state index in [1.165, 1.54) is 22.8 Å². The number of hydrogen-bond acceptors (Lipinski definition) is 1. The lowest BCUT2D eigenvalue weighted by Crippen LogP contribution is -2.20. The molecular weight excluding hydrogens is 289 g/mol. The molecule has 2 nitrogen and oxygen atoms in total. The van der Waals surface area contributed by atoms with Gasteiger partial charge in [-0.05, 0) is 47.4 Å². The molecule has 0 radical (unpaired) electrons. The molecule has 0 amide bonds. The second-order valence-corrected chi connectivity index (χ2v) is 5.23. The fourth-order valence-electron chi connectivity index (χ4n) is 1.54. The second kappa shape index (κ2) is 4.04. The topological polar surface area (TPSA) is 22.0 Å². The van der Waals surface area contributed by atoms with Gasteiger partial charge in [-0.1, -0.05) is 12.8 Å². The Bertz CT molecular complexity index is 393. The summed E-state index contributed by atoms with van der Waals surface area (Å²) in [6.07, 6.45) is 5.86. The molecule has 1 aliphatic carbocycles. The zero-order chi connectivity index (χ0) is 10.1. The number of pyridine rings is 1. The van der Waals surface area contributed by atoms with Gasteiger partial charge in [-0.15, -0.1) is 0 Å². The molecule has 0 saturated heterocycles. The van der Waals surface area contributed by atoms with Crippen LogP contribution in [-0.2, 0) is 6.54 Å². The zero-order valence-electron chi connectivity index (χ0n) is 8.29. The van der Waals surface area contributed by atoms with Gasteiger partial charge in [0.15, 0.2) is 0 Å². The zero-order valence-corrected chi connectivity index (χ0v) is 10.5. The van der Waals surface area contributed by atoms with Crippen molar-refractivity contribution in [1.82, 2.24) is 4.57 Å². The van der Waals surface area contributed by atoms with E-state index in [2.05, 4.69) is 22.6 Å². The van der Waals surface area contributed by atoms with Crippen molar-refractivity contribution in [3.05, 3.63) is 31.8 Å². The molecule has 1 heterocycles. The normalized spacial score (nSPS) is 15.9. The van der Waals surface area contributed by atoms with Gasteiger partial charge in [-0.3, -0.25) is 4.79 Å². The SMILES string of the molecule is Cc1cc(=O)n(CCC2CC2)cc1I. The first kappa shape index (κ1) is 10.2. The minimum absolute atomic E-state index is 0.142. The number of halogens is 1. The van der Waals surface area contributed by atoms with E-state index >= 15 is 0 Å².